The number of methoxy groups -OCH3 is 1. The second-order valence-corrected chi connectivity index (χ2v) is 5.49. The van der Waals surface area contributed by atoms with Crippen LogP contribution in [-0.4, -0.2) is 23.8 Å². The molecular formula is C17H11ClN2O5. The van der Waals surface area contributed by atoms with Crippen LogP contribution < -0.4 is 9.64 Å². The van der Waals surface area contributed by atoms with Crippen molar-refractivity contribution in [1.82, 2.24) is 0 Å². The Morgan fingerprint density at radius 3 is 2.28 bits per heavy atom. The molecule has 0 aliphatic carbocycles. The fraction of sp³-hybridized carbons (Fsp3) is 0.0588. The number of para-hydroxylation sites is 2. The van der Waals surface area contributed by atoms with Gasteiger partial charge in [-0.25, -0.2) is 4.90 Å². The van der Waals surface area contributed by atoms with Crippen LogP contribution in [0.1, 0.15) is 5.56 Å². The third-order valence-corrected chi connectivity index (χ3v) is 4.07. The Hall–Kier alpha value is -3.19. The van der Waals surface area contributed by atoms with Crippen LogP contribution in [-0.2, 0) is 9.59 Å². The largest absolute Gasteiger partial charge is 0.495 e. The lowest BCUT2D eigenvalue weighted by atomic mass is 10.1. The topological polar surface area (TPSA) is 89.8 Å². The Morgan fingerprint density at radius 1 is 1.04 bits per heavy atom. The van der Waals surface area contributed by atoms with Crippen LogP contribution in [0.4, 0.5) is 11.4 Å². The molecule has 1 aliphatic heterocycles. The smallest absolute Gasteiger partial charge is 0.277 e. The number of carbonyl (C=O) groups is 2. The number of rotatable bonds is 4. The number of carbonyl (C=O) groups excluding carboxylic acids is 2. The Labute approximate surface area is 147 Å². The van der Waals surface area contributed by atoms with Crippen LogP contribution in [0, 0.1) is 10.1 Å². The molecule has 0 radical (unpaired) electrons. The molecule has 1 heterocycles. The molecule has 0 bridgehead atoms. The second kappa shape index (κ2) is 6.37. The van der Waals surface area contributed by atoms with E-state index in [2.05, 4.69) is 0 Å². The van der Waals surface area contributed by atoms with Crippen molar-refractivity contribution in [2.24, 2.45) is 0 Å². The summed E-state index contributed by atoms with van der Waals surface area (Å²) in [6.07, 6.45) is 0. The molecule has 0 saturated heterocycles. The number of nitro groups is 1. The van der Waals surface area contributed by atoms with Gasteiger partial charge in [-0.3, -0.25) is 19.7 Å². The van der Waals surface area contributed by atoms with E-state index in [1.54, 1.807) is 24.3 Å². The van der Waals surface area contributed by atoms with Crippen molar-refractivity contribution < 1.29 is 19.2 Å². The van der Waals surface area contributed by atoms with Crippen LogP contribution in [0.2, 0.25) is 0 Å². The van der Waals surface area contributed by atoms with Crippen LogP contribution in [0.15, 0.2) is 53.6 Å². The minimum atomic E-state index is -0.676. The molecule has 0 aromatic heterocycles. The van der Waals surface area contributed by atoms with Crippen LogP contribution in [0.25, 0.3) is 5.57 Å². The van der Waals surface area contributed by atoms with Crippen molar-refractivity contribution in [2.75, 3.05) is 12.0 Å². The summed E-state index contributed by atoms with van der Waals surface area (Å²) in [6, 6.07) is 11.8. The van der Waals surface area contributed by atoms with Gasteiger partial charge in [-0.2, -0.15) is 0 Å². The number of anilines is 1. The Morgan fingerprint density at radius 2 is 1.68 bits per heavy atom. The summed E-state index contributed by atoms with van der Waals surface area (Å²) in [6.45, 7) is 0. The van der Waals surface area contributed by atoms with E-state index in [9.17, 15) is 19.7 Å². The molecule has 0 fully saturated rings. The van der Waals surface area contributed by atoms with Crippen LogP contribution in [0.3, 0.4) is 0 Å². The van der Waals surface area contributed by atoms with Gasteiger partial charge in [-0.05, 0) is 29.8 Å². The summed E-state index contributed by atoms with van der Waals surface area (Å²) in [4.78, 5) is 36.4. The zero-order valence-electron chi connectivity index (χ0n) is 12.9. The van der Waals surface area contributed by atoms with E-state index in [0.29, 0.717) is 11.3 Å². The number of non-ortho nitro benzene ring substituents is 1. The maximum absolute atomic E-state index is 12.8. The third-order valence-electron chi connectivity index (χ3n) is 3.72. The number of amides is 2. The first kappa shape index (κ1) is 16.7. The van der Waals surface area contributed by atoms with E-state index in [-0.39, 0.29) is 22.0 Å². The highest BCUT2D eigenvalue weighted by molar-refractivity contribution is 6.60. The number of halogens is 1. The van der Waals surface area contributed by atoms with Gasteiger partial charge in [0.15, 0.2) is 0 Å². The van der Waals surface area contributed by atoms with Crippen molar-refractivity contribution in [1.29, 1.82) is 0 Å². The van der Waals surface area contributed by atoms with Crippen molar-refractivity contribution in [3.8, 4) is 5.75 Å². The Balaban J connectivity index is 2.04. The number of nitrogens with zero attached hydrogens (tertiary/aromatic N) is 2. The number of hydrogen-bond donors (Lipinski definition) is 0. The number of hydrogen-bond acceptors (Lipinski definition) is 5. The fourth-order valence-corrected chi connectivity index (χ4v) is 2.81. The monoisotopic (exact) mass is 358 g/mol. The average molecular weight is 359 g/mol. The van der Waals surface area contributed by atoms with E-state index in [0.717, 1.165) is 4.90 Å². The Bertz CT molecular complexity index is 921. The molecular weight excluding hydrogens is 348 g/mol. The molecule has 0 atom stereocenters. The first-order valence-corrected chi connectivity index (χ1v) is 7.50. The molecule has 0 saturated carbocycles. The predicted molar refractivity (Wildman–Crippen MR) is 91.4 cm³/mol. The maximum atomic E-state index is 12.8. The minimum Gasteiger partial charge on any atom is -0.495 e. The molecule has 1 aliphatic rings. The highest BCUT2D eigenvalue weighted by Gasteiger charge is 2.40. The molecule has 3 rings (SSSR count). The van der Waals surface area contributed by atoms with Gasteiger partial charge < -0.3 is 4.74 Å². The zero-order valence-corrected chi connectivity index (χ0v) is 13.7. The van der Waals surface area contributed by atoms with Crippen molar-refractivity contribution in [2.45, 2.75) is 0 Å². The number of nitro benzene ring substituents is 1. The van der Waals surface area contributed by atoms with Crippen molar-refractivity contribution >= 4 is 40.4 Å². The highest BCUT2D eigenvalue weighted by Crippen LogP contribution is 2.38. The molecule has 7 nitrogen and oxygen atoms in total. The van der Waals surface area contributed by atoms with Gasteiger partial charge in [0.1, 0.15) is 10.8 Å². The van der Waals surface area contributed by atoms with Gasteiger partial charge in [0.2, 0.25) is 0 Å². The molecule has 8 heteroatoms. The first-order valence-electron chi connectivity index (χ1n) is 7.12. The summed E-state index contributed by atoms with van der Waals surface area (Å²) >= 11 is 6.09. The third kappa shape index (κ3) is 2.74. The highest BCUT2D eigenvalue weighted by atomic mass is 35.5. The second-order valence-electron chi connectivity index (χ2n) is 5.11. The number of ether oxygens (including phenoxy) is 1. The summed E-state index contributed by atoms with van der Waals surface area (Å²) in [5, 5.41) is 10.5. The summed E-state index contributed by atoms with van der Waals surface area (Å²) in [5.74, 6) is -0.948. The first-order chi connectivity index (χ1) is 12.0. The molecule has 0 spiro atoms. The SMILES string of the molecule is COc1ccccc1N1C(=O)C(Cl)=C(c2ccc([N+](=O)[O-])cc2)C1=O. The molecule has 2 aromatic rings. The van der Waals surface area contributed by atoms with E-state index in [4.69, 9.17) is 16.3 Å². The average Bonchev–Trinajstić information content (AvgIpc) is 2.84. The summed E-state index contributed by atoms with van der Waals surface area (Å²) in [5.41, 5.74) is 0.465. The molecule has 2 amide bonds. The van der Waals surface area contributed by atoms with Crippen molar-refractivity contribution in [3.05, 3.63) is 69.2 Å². The number of benzene rings is 2. The molecule has 0 N–H and O–H groups in total. The molecule has 0 unspecified atom stereocenters. The lowest BCUT2D eigenvalue weighted by molar-refractivity contribution is -0.384. The van der Waals surface area contributed by atoms with Crippen LogP contribution >= 0.6 is 11.6 Å². The minimum absolute atomic E-state index is 0.00697. The van der Waals surface area contributed by atoms with Gasteiger partial charge in [0.05, 0.1) is 23.3 Å². The van der Waals surface area contributed by atoms with Gasteiger partial charge in [0, 0.05) is 12.1 Å². The van der Waals surface area contributed by atoms with E-state index >= 15 is 0 Å². The quantitative estimate of drug-likeness (QED) is 0.476. The normalized spacial score (nSPS) is 14.2. The lowest BCUT2D eigenvalue weighted by Gasteiger charge is -2.17. The predicted octanol–water partition coefficient (Wildman–Crippen LogP) is 3.13. The van der Waals surface area contributed by atoms with E-state index in [1.165, 1.54) is 31.4 Å². The van der Waals surface area contributed by atoms with Gasteiger partial charge in [-0.15, -0.1) is 0 Å². The van der Waals surface area contributed by atoms with E-state index < -0.39 is 16.7 Å². The van der Waals surface area contributed by atoms with Gasteiger partial charge >= 0.3 is 0 Å². The van der Waals surface area contributed by atoms with Gasteiger partial charge in [0.25, 0.3) is 17.5 Å². The lowest BCUT2D eigenvalue weighted by Crippen LogP contribution is -2.31. The summed E-state index contributed by atoms with van der Waals surface area (Å²) in [7, 11) is 1.43. The molecule has 2 aromatic carbocycles. The molecule has 126 valence electrons. The Kier molecular flexibility index (Phi) is 4.24. The number of imide groups is 1. The van der Waals surface area contributed by atoms with Gasteiger partial charge in [-0.1, -0.05) is 23.7 Å². The van der Waals surface area contributed by atoms with Crippen molar-refractivity contribution in [3.63, 3.8) is 0 Å². The zero-order chi connectivity index (χ0) is 18.1. The fourth-order valence-electron chi connectivity index (χ4n) is 2.54. The molecule has 25 heavy (non-hydrogen) atoms. The summed E-state index contributed by atoms with van der Waals surface area (Å²) < 4.78 is 5.19. The van der Waals surface area contributed by atoms with E-state index in [1.807, 2.05) is 0 Å². The van der Waals surface area contributed by atoms with Crippen LogP contribution in [0.5, 0.6) is 5.75 Å². The standard InChI is InChI=1S/C17H11ClN2O5/c1-25-13-5-3-2-4-12(13)19-16(21)14(15(18)17(19)22)10-6-8-11(9-7-10)20(23)24/h2-9H,1H3. The maximum Gasteiger partial charge on any atom is 0.277 e.